The van der Waals surface area contributed by atoms with Gasteiger partial charge in [0.15, 0.2) is 0 Å². The van der Waals surface area contributed by atoms with E-state index < -0.39 is 0 Å². The molecule has 2 heterocycles. The van der Waals surface area contributed by atoms with Crippen LogP contribution in [-0.4, -0.2) is 22.7 Å². The zero-order valence-corrected chi connectivity index (χ0v) is 8.30. The number of nitrogens with one attached hydrogen (secondary N) is 1. The maximum atomic E-state index is 5.49. The molecule has 0 aliphatic carbocycles. The molecule has 0 unspecified atom stereocenters. The summed E-state index contributed by atoms with van der Waals surface area (Å²) in [5.41, 5.74) is 0. The van der Waals surface area contributed by atoms with Crippen LogP contribution in [0.1, 0.15) is 18.7 Å². The van der Waals surface area contributed by atoms with Crippen LogP contribution in [0.15, 0.2) is 10.8 Å². The van der Waals surface area contributed by atoms with Crippen molar-refractivity contribution in [2.24, 2.45) is 0 Å². The summed E-state index contributed by atoms with van der Waals surface area (Å²) in [5, 5.41) is 0. The van der Waals surface area contributed by atoms with Crippen molar-refractivity contribution in [2.75, 3.05) is 6.61 Å². The van der Waals surface area contributed by atoms with Crippen molar-refractivity contribution in [1.82, 2.24) is 9.97 Å². The van der Waals surface area contributed by atoms with E-state index >= 15 is 0 Å². The normalized spacial score (nSPS) is 23.2. The molecule has 0 spiro atoms. The van der Waals surface area contributed by atoms with E-state index in [1.807, 2.05) is 0 Å². The average Bonchev–Trinajstić information content (AvgIpc) is 2.63. The standard InChI is InChI=1S/C8H11BrN2O/c9-7-5-10-8(11-7)4-6-2-1-3-12-6/h5-6H,1-4H2,(H,10,11)/t6-/m1/s1. The van der Waals surface area contributed by atoms with E-state index in [1.165, 1.54) is 6.42 Å². The fourth-order valence-corrected chi connectivity index (χ4v) is 1.79. The molecule has 1 aliphatic heterocycles. The predicted octanol–water partition coefficient (Wildman–Crippen LogP) is 1.89. The van der Waals surface area contributed by atoms with Gasteiger partial charge in [0.1, 0.15) is 10.4 Å². The molecule has 1 aromatic heterocycles. The molecular weight excluding hydrogens is 220 g/mol. The number of rotatable bonds is 2. The molecule has 0 bridgehead atoms. The lowest BCUT2D eigenvalue weighted by Crippen LogP contribution is -2.09. The predicted molar refractivity (Wildman–Crippen MR) is 49.0 cm³/mol. The van der Waals surface area contributed by atoms with Crippen LogP contribution in [0.4, 0.5) is 0 Å². The smallest absolute Gasteiger partial charge is 0.109 e. The Labute approximate surface area is 79.7 Å². The summed E-state index contributed by atoms with van der Waals surface area (Å²) in [6, 6.07) is 0. The number of H-pyrrole nitrogens is 1. The fourth-order valence-electron chi connectivity index (χ4n) is 1.46. The maximum absolute atomic E-state index is 5.49. The van der Waals surface area contributed by atoms with Crippen molar-refractivity contribution in [1.29, 1.82) is 0 Å². The van der Waals surface area contributed by atoms with Crippen molar-refractivity contribution in [2.45, 2.75) is 25.4 Å². The van der Waals surface area contributed by atoms with E-state index in [1.54, 1.807) is 6.20 Å². The van der Waals surface area contributed by atoms with E-state index in [0.29, 0.717) is 6.10 Å². The Morgan fingerprint density at radius 1 is 1.75 bits per heavy atom. The van der Waals surface area contributed by atoms with Crippen LogP contribution < -0.4 is 0 Å². The van der Waals surface area contributed by atoms with Crippen LogP contribution in [0.25, 0.3) is 0 Å². The van der Waals surface area contributed by atoms with Gasteiger partial charge in [-0.25, -0.2) is 4.98 Å². The first-order valence-corrected chi connectivity index (χ1v) is 4.95. The molecule has 1 atom stereocenters. The van der Waals surface area contributed by atoms with Crippen molar-refractivity contribution in [3.63, 3.8) is 0 Å². The van der Waals surface area contributed by atoms with Crippen LogP contribution in [0.3, 0.4) is 0 Å². The second-order valence-electron chi connectivity index (χ2n) is 3.02. The molecule has 0 radical (unpaired) electrons. The number of imidazole rings is 1. The van der Waals surface area contributed by atoms with Crippen molar-refractivity contribution < 1.29 is 4.74 Å². The number of ether oxygens (including phenoxy) is 1. The van der Waals surface area contributed by atoms with E-state index in [2.05, 4.69) is 25.9 Å². The molecule has 1 fully saturated rings. The lowest BCUT2D eigenvalue weighted by atomic mass is 10.2. The molecule has 3 nitrogen and oxygen atoms in total. The first-order chi connectivity index (χ1) is 5.84. The molecule has 0 aromatic carbocycles. The van der Waals surface area contributed by atoms with Gasteiger partial charge in [-0.15, -0.1) is 0 Å². The summed E-state index contributed by atoms with van der Waals surface area (Å²) in [5.74, 6) is 1.01. The van der Waals surface area contributed by atoms with Gasteiger partial charge in [0, 0.05) is 13.0 Å². The molecule has 0 amide bonds. The van der Waals surface area contributed by atoms with Gasteiger partial charge >= 0.3 is 0 Å². The van der Waals surface area contributed by atoms with Crippen molar-refractivity contribution >= 4 is 15.9 Å². The Morgan fingerprint density at radius 3 is 3.25 bits per heavy atom. The third-order valence-electron chi connectivity index (χ3n) is 2.04. The number of aromatic nitrogens is 2. The Morgan fingerprint density at radius 2 is 2.67 bits per heavy atom. The number of aromatic amines is 1. The van der Waals surface area contributed by atoms with Gasteiger partial charge < -0.3 is 9.72 Å². The van der Waals surface area contributed by atoms with Gasteiger partial charge in [0.2, 0.25) is 0 Å². The zero-order valence-electron chi connectivity index (χ0n) is 6.72. The van der Waals surface area contributed by atoms with E-state index in [4.69, 9.17) is 4.74 Å². The highest BCUT2D eigenvalue weighted by atomic mass is 79.9. The highest BCUT2D eigenvalue weighted by Crippen LogP contribution is 2.16. The van der Waals surface area contributed by atoms with Crippen LogP contribution in [0, 0.1) is 0 Å². The molecule has 12 heavy (non-hydrogen) atoms. The molecule has 4 heteroatoms. The third-order valence-corrected chi connectivity index (χ3v) is 2.45. The fraction of sp³-hybridized carbons (Fsp3) is 0.625. The Balaban J connectivity index is 1.94. The minimum Gasteiger partial charge on any atom is -0.378 e. The summed E-state index contributed by atoms with van der Waals surface area (Å²) in [6.07, 6.45) is 5.42. The molecule has 66 valence electrons. The topological polar surface area (TPSA) is 37.9 Å². The third kappa shape index (κ3) is 1.87. The monoisotopic (exact) mass is 230 g/mol. The molecule has 1 aromatic rings. The Bertz CT molecular complexity index is 255. The van der Waals surface area contributed by atoms with Gasteiger partial charge in [-0.3, -0.25) is 0 Å². The lowest BCUT2D eigenvalue weighted by Gasteiger charge is -2.05. The summed E-state index contributed by atoms with van der Waals surface area (Å²) in [7, 11) is 0. The SMILES string of the molecule is Brc1cnc(C[C@H]2CCCO2)[nH]1. The zero-order chi connectivity index (χ0) is 8.39. The Hall–Kier alpha value is -0.350. The number of hydrogen-bond acceptors (Lipinski definition) is 2. The Kier molecular flexibility index (Phi) is 2.46. The highest BCUT2D eigenvalue weighted by molar-refractivity contribution is 9.10. The maximum Gasteiger partial charge on any atom is 0.109 e. The van der Waals surface area contributed by atoms with Crippen LogP contribution in [-0.2, 0) is 11.2 Å². The van der Waals surface area contributed by atoms with Crippen molar-refractivity contribution in [3.05, 3.63) is 16.6 Å². The van der Waals surface area contributed by atoms with Gasteiger partial charge in [-0.1, -0.05) is 0 Å². The van der Waals surface area contributed by atoms with Crippen LogP contribution in [0.5, 0.6) is 0 Å². The average molecular weight is 231 g/mol. The number of halogens is 1. The summed E-state index contributed by atoms with van der Waals surface area (Å²) in [4.78, 5) is 7.33. The van der Waals surface area contributed by atoms with Crippen LogP contribution in [0.2, 0.25) is 0 Å². The van der Waals surface area contributed by atoms with E-state index in [0.717, 1.165) is 29.9 Å². The minimum atomic E-state index is 0.378. The number of hydrogen-bond donors (Lipinski definition) is 1. The molecule has 2 rings (SSSR count). The summed E-state index contributed by atoms with van der Waals surface area (Å²) < 4.78 is 6.43. The van der Waals surface area contributed by atoms with Gasteiger partial charge in [-0.05, 0) is 28.8 Å². The van der Waals surface area contributed by atoms with Crippen LogP contribution >= 0.6 is 15.9 Å². The quantitative estimate of drug-likeness (QED) is 0.843. The molecule has 1 aliphatic rings. The van der Waals surface area contributed by atoms with E-state index in [-0.39, 0.29) is 0 Å². The second-order valence-corrected chi connectivity index (χ2v) is 3.87. The van der Waals surface area contributed by atoms with Gasteiger partial charge in [0.05, 0.1) is 12.3 Å². The molecule has 0 saturated carbocycles. The minimum absolute atomic E-state index is 0.378. The first-order valence-electron chi connectivity index (χ1n) is 4.15. The number of nitrogens with zero attached hydrogens (tertiary/aromatic N) is 1. The lowest BCUT2D eigenvalue weighted by molar-refractivity contribution is 0.110. The van der Waals surface area contributed by atoms with Gasteiger partial charge in [-0.2, -0.15) is 0 Å². The van der Waals surface area contributed by atoms with Crippen molar-refractivity contribution in [3.8, 4) is 0 Å². The molecular formula is C8H11BrN2O. The molecule has 1 saturated heterocycles. The second kappa shape index (κ2) is 3.58. The first kappa shape index (κ1) is 8.26. The van der Waals surface area contributed by atoms with Gasteiger partial charge in [0.25, 0.3) is 0 Å². The largest absolute Gasteiger partial charge is 0.378 e. The highest BCUT2D eigenvalue weighted by Gasteiger charge is 2.16. The van der Waals surface area contributed by atoms with E-state index in [9.17, 15) is 0 Å². The molecule has 1 N–H and O–H groups in total. The summed E-state index contributed by atoms with van der Waals surface area (Å²) >= 11 is 3.32. The summed E-state index contributed by atoms with van der Waals surface area (Å²) in [6.45, 7) is 0.909.